The van der Waals surface area contributed by atoms with Crippen LogP contribution in [0, 0.1) is 5.92 Å². The van der Waals surface area contributed by atoms with Crippen LogP contribution in [0.3, 0.4) is 0 Å². The predicted molar refractivity (Wildman–Crippen MR) is 53.6 cm³/mol. The first-order valence-electron chi connectivity index (χ1n) is 5.73. The molecule has 2 aliphatic rings. The van der Waals surface area contributed by atoms with Gasteiger partial charge in [0.25, 0.3) is 0 Å². The number of aliphatic hydroxyl groups is 1. The number of nitrogens with zero attached hydrogens (tertiary/aromatic N) is 1. The number of likely N-dealkylation sites (tertiary alicyclic amines) is 1. The Kier molecular flexibility index (Phi) is 2.89. The first-order chi connectivity index (χ1) is 6.31. The molecule has 1 saturated heterocycles. The van der Waals surface area contributed by atoms with Crippen molar-refractivity contribution in [2.24, 2.45) is 5.92 Å². The Bertz CT molecular complexity index is 171. The van der Waals surface area contributed by atoms with Gasteiger partial charge in [0.2, 0.25) is 0 Å². The van der Waals surface area contributed by atoms with Gasteiger partial charge >= 0.3 is 0 Å². The van der Waals surface area contributed by atoms with Crippen molar-refractivity contribution in [3.63, 3.8) is 0 Å². The van der Waals surface area contributed by atoms with Crippen LogP contribution >= 0.6 is 0 Å². The van der Waals surface area contributed by atoms with Crippen LogP contribution in [0.5, 0.6) is 0 Å². The van der Waals surface area contributed by atoms with Gasteiger partial charge in [0, 0.05) is 12.6 Å². The molecular weight excluding hydrogens is 162 g/mol. The Morgan fingerprint density at radius 3 is 2.69 bits per heavy atom. The highest BCUT2D eigenvalue weighted by atomic mass is 16.3. The fourth-order valence-corrected chi connectivity index (χ4v) is 2.84. The van der Waals surface area contributed by atoms with E-state index in [1.165, 1.54) is 38.8 Å². The highest BCUT2D eigenvalue weighted by molar-refractivity contribution is 4.89. The van der Waals surface area contributed by atoms with Crippen LogP contribution in [0.2, 0.25) is 0 Å². The standard InChI is InChI=1S/C11H21NO/c1-2-9-6-7-12(8-9)10-4-3-5-11(10)13/h9-11,13H,2-8H2,1H3/t9?,10-,11-/m0/s1. The molecule has 1 aliphatic heterocycles. The lowest BCUT2D eigenvalue weighted by Crippen LogP contribution is -2.38. The largest absolute Gasteiger partial charge is 0.391 e. The third kappa shape index (κ3) is 1.89. The van der Waals surface area contributed by atoms with Crippen molar-refractivity contribution in [1.29, 1.82) is 0 Å². The third-order valence-corrected chi connectivity index (χ3v) is 3.81. The van der Waals surface area contributed by atoms with E-state index in [4.69, 9.17) is 0 Å². The van der Waals surface area contributed by atoms with Crippen LogP contribution in [0.15, 0.2) is 0 Å². The van der Waals surface area contributed by atoms with Crippen LogP contribution in [0.25, 0.3) is 0 Å². The van der Waals surface area contributed by atoms with E-state index in [-0.39, 0.29) is 6.10 Å². The van der Waals surface area contributed by atoms with Gasteiger partial charge in [-0.3, -0.25) is 4.90 Å². The highest BCUT2D eigenvalue weighted by Crippen LogP contribution is 2.29. The zero-order valence-corrected chi connectivity index (χ0v) is 8.58. The molecule has 0 aromatic rings. The average Bonchev–Trinajstić information content (AvgIpc) is 2.71. The van der Waals surface area contributed by atoms with E-state index in [2.05, 4.69) is 11.8 Å². The smallest absolute Gasteiger partial charge is 0.0695 e. The molecule has 2 heteroatoms. The molecule has 0 bridgehead atoms. The Morgan fingerprint density at radius 2 is 2.15 bits per heavy atom. The summed E-state index contributed by atoms with van der Waals surface area (Å²) in [6.45, 7) is 4.73. The minimum absolute atomic E-state index is 0.0318. The van der Waals surface area contributed by atoms with E-state index in [0.717, 1.165) is 12.3 Å². The summed E-state index contributed by atoms with van der Waals surface area (Å²) in [5, 5.41) is 9.77. The molecule has 1 saturated carbocycles. The molecule has 1 N–H and O–H groups in total. The molecule has 1 heterocycles. The molecule has 1 aliphatic carbocycles. The lowest BCUT2D eigenvalue weighted by molar-refractivity contribution is 0.0830. The van der Waals surface area contributed by atoms with Gasteiger partial charge in [-0.1, -0.05) is 13.3 Å². The molecule has 2 fully saturated rings. The van der Waals surface area contributed by atoms with Crippen molar-refractivity contribution >= 4 is 0 Å². The van der Waals surface area contributed by atoms with Gasteiger partial charge in [-0.2, -0.15) is 0 Å². The van der Waals surface area contributed by atoms with E-state index < -0.39 is 0 Å². The van der Waals surface area contributed by atoms with E-state index in [9.17, 15) is 5.11 Å². The third-order valence-electron chi connectivity index (χ3n) is 3.81. The van der Waals surface area contributed by atoms with E-state index in [1.807, 2.05) is 0 Å². The normalized spacial score (nSPS) is 41.5. The van der Waals surface area contributed by atoms with E-state index in [1.54, 1.807) is 0 Å². The van der Waals surface area contributed by atoms with Crippen molar-refractivity contribution < 1.29 is 5.11 Å². The maximum Gasteiger partial charge on any atom is 0.0695 e. The summed E-state index contributed by atoms with van der Waals surface area (Å²) < 4.78 is 0. The molecule has 0 spiro atoms. The zero-order chi connectivity index (χ0) is 9.26. The van der Waals surface area contributed by atoms with Gasteiger partial charge in [0.15, 0.2) is 0 Å². The number of rotatable bonds is 2. The molecule has 2 rings (SSSR count). The summed E-state index contributed by atoms with van der Waals surface area (Å²) in [5.74, 6) is 0.896. The summed E-state index contributed by atoms with van der Waals surface area (Å²) >= 11 is 0. The molecule has 0 aromatic carbocycles. The minimum atomic E-state index is -0.0318. The summed E-state index contributed by atoms with van der Waals surface area (Å²) in [4.78, 5) is 2.52. The molecular formula is C11H21NO. The second-order valence-corrected chi connectivity index (χ2v) is 4.62. The van der Waals surface area contributed by atoms with E-state index >= 15 is 0 Å². The van der Waals surface area contributed by atoms with Gasteiger partial charge in [0.1, 0.15) is 0 Å². The maximum atomic E-state index is 9.77. The Morgan fingerprint density at radius 1 is 1.31 bits per heavy atom. The fourth-order valence-electron chi connectivity index (χ4n) is 2.84. The van der Waals surface area contributed by atoms with Crippen molar-refractivity contribution in [3.8, 4) is 0 Å². The zero-order valence-electron chi connectivity index (χ0n) is 8.58. The van der Waals surface area contributed by atoms with Crippen LogP contribution in [0.4, 0.5) is 0 Å². The molecule has 0 radical (unpaired) electrons. The van der Waals surface area contributed by atoms with Crippen LogP contribution in [-0.2, 0) is 0 Å². The molecule has 2 nitrogen and oxygen atoms in total. The minimum Gasteiger partial charge on any atom is -0.391 e. The van der Waals surface area contributed by atoms with Gasteiger partial charge in [-0.25, -0.2) is 0 Å². The van der Waals surface area contributed by atoms with Crippen molar-refractivity contribution in [3.05, 3.63) is 0 Å². The first kappa shape index (κ1) is 9.47. The highest BCUT2D eigenvalue weighted by Gasteiger charge is 2.34. The second-order valence-electron chi connectivity index (χ2n) is 4.62. The SMILES string of the molecule is CCC1CCN([C@H]2CCC[C@@H]2O)C1. The summed E-state index contributed by atoms with van der Waals surface area (Å²) in [6, 6.07) is 0.497. The lowest BCUT2D eigenvalue weighted by Gasteiger charge is -2.26. The van der Waals surface area contributed by atoms with Gasteiger partial charge in [0.05, 0.1) is 6.10 Å². The Balaban J connectivity index is 1.88. The molecule has 76 valence electrons. The monoisotopic (exact) mass is 183 g/mol. The van der Waals surface area contributed by atoms with Gasteiger partial charge < -0.3 is 5.11 Å². The van der Waals surface area contributed by atoms with Gasteiger partial charge in [-0.15, -0.1) is 0 Å². The maximum absolute atomic E-state index is 9.77. The molecule has 0 amide bonds. The number of hydrogen-bond acceptors (Lipinski definition) is 2. The van der Waals surface area contributed by atoms with E-state index in [0.29, 0.717) is 6.04 Å². The van der Waals surface area contributed by atoms with Crippen LogP contribution in [-0.4, -0.2) is 35.2 Å². The van der Waals surface area contributed by atoms with Crippen molar-refractivity contribution in [1.82, 2.24) is 4.90 Å². The number of hydrogen-bond donors (Lipinski definition) is 1. The fraction of sp³-hybridized carbons (Fsp3) is 1.00. The molecule has 1 unspecified atom stereocenters. The summed E-state index contributed by atoms with van der Waals surface area (Å²) in [5.41, 5.74) is 0. The summed E-state index contributed by atoms with van der Waals surface area (Å²) in [6.07, 6.45) is 6.09. The Hall–Kier alpha value is -0.0800. The predicted octanol–water partition coefficient (Wildman–Crippen LogP) is 1.63. The van der Waals surface area contributed by atoms with Crippen molar-refractivity contribution in [2.75, 3.05) is 13.1 Å². The van der Waals surface area contributed by atoms with Crippen LogP contribution in [0.1, 0.15) is 39.0 Å². The average molecular weight is 183 g/mol. The number of aliphatic hydroxyl groups excluding tert-OH is 1. The molecule has 3 atom stereocenters. The lowest BCUT2D eigenvalue weighted by atomic mass is 10.1. The quantitative estimate of drug-likeness (QED) is 0.703. The van der Waals surface area contributed by atoms with Crippen molar-refractivity contribution in [2.45, 2.75) is 51.2 Å². The van der Waals surface area contributed by atoms with Gasteiger partial charge in [-0.05, 0) is 38.1 Å². The first-order valence-corrected chi connectivity index (χ1v) is 5.73. The molecule has 13 heavy (non-hydrogen) atoms. The molecule has 0 aromatic heterocycles. The second kappa shape index (κ2) is 3.97. The van der Waals surface area contributed by atoms with Crippen LogP contribution < -0.4 is 0 Å². The topological polar surface area (TPSA) is 23.5 Å². The Labute approximate surface area is 80.9 Å². The summed E-state index contributed by atoms with van der Waals surface area (Å²) in [7, 11) is 0.